The van der Waals surface area contributed by atoms with Crippen molar-refractivity contribution in [3.8, 4) is 5.75 Å². The van der Waals surface area contributed by atoms with Gasteiger partial charge in [-0.3, -0.25) is 0 Å². The lowest BCUT2D eigenvalue weighted by atomic mass is 10.1. The molecule has 0 heterocycles. The van der Waals surface area contributed by atoms with Gasteiger partial charge in [0, 0.05) is 6.42 Å². The Labute approximate surface area is 91.1 Å². The highest BCUT2D eigenvalue weighted by Crippen LogP contribution is 2.28. The summed E-state index contributed by atoms with van der Waals surface area (Å²) in [5, 5.41) is 0. The lowest BCUT2D eigenvalue weighted by Gasteiger charge is -2.13. The summed E-state index contributed by atoms with van der Waals surface area (Å²) in [6, 6.07) is 4.32. The minimum absolute atomic E-state index is 0.909. The maximum absolute atomic E-state index is 5.89. The fraction of sp³-hybridized carbons (Fsp3) is 0.286. The van der Waals surface area contributed by atoms with Crippen LogP contribution < -0.4 is 4.74 Å². The van der Waals surface area contributed by atoms with Gasteiger partial charge in [-0.05, 0) is 38.0 Å². The lowest BCUT2D eigenvalue weighted by molar-refractivity contribution is 0.412. The molecule has 1 aliphatic rings. The zero-order valence-electron chi connectivity index (χ0n) is 9.50. The van der Waals surface area contributed by atoms with Gasteiger partial charge in [0.1, 0.15) is 11.5 Å². The minimum Gasteiger partial charge on any atom is -0.461 e. The summed E-state index contributed by atoms with van der Waals surface area (Å²) in [7, 11) is 0. The van der Waals surface area contributed by atoms with Crippen LogP contribution in [0, 0.1) is 20.8 Å². The van der Waals surface area contributed by atoms with E-state index >= 15 is 0 Å². The summed E-state index contributed by atoms with van der Waals surface area (Å²) in [5.74, 6) is 2.04. The molecule has 0 N–H and O–H groups in total. The average Bonchev–Trinajstić information content (AvgIpc) is 2.63. The van der Waals surface area contributed by atoms with Crippen molar-refractivity contribution in [3.63, 3.8) is 0 Å². The van der Waals surface area contributed by atoms with Gasteiger partial charge in [0.05, 0.1) is 0 Å². The lowest BCUT2D eigenvalue weighted by Crippen LogP contribution is -1.97. The first-order chi connectivity index (χ1) is 7.16. The van der Waals surface area contributed by atoms with Crippen LogP contribution in [0.15, 0.2) is 36.1 Å². The Kier molecular flexibility index (Phi) is 2.63. The molecule has 78 valence electrons. The molecule has 1 nitrogen and oxygen atoms in total. The largest absolute Gasteiger partial charge is 0.461 e. The van der Waals surface area contributed by atoms with Gasteiger partial charge in [0.2, 0.25) is 0 Å². The van der Waals surface area contributed by atoms with E-state index in [1.807, 2.05) is 12.2 Å². The number of benzene rings is 1. The van der Waals surface area contributed by atoms with Crippen LogP contribution in [0.25, 0.3) is 0 Å². The predicted molar refractivity (Wildman–Crippen MR) is 63.1 cm³/mol. The molecular weight excluding hydrogens is 184 g/mol. The molecule has 0 bridgehead atoms. The van der Waals surface area contributed by atoms with E-state index < -0.39 is 0 Å². The van der Waals surface area contributed by atoms with Crippen molar-refractivity contribution in [2.45, 2.75) is 27.2 Å². The maximum Gasteiger partial charge on any atom is 0.132 e. The van der Waals surface area contributed by atoms with E-state index in [2.05, 4.69) is 39.0 Å². The van der Waals surface area contributed by atoms with Gasteiger partial charge in [-0.2, -0.15) is 0 Å². The second kappa shape index (κ2) is 3.93. The van der Waals surface area contributed by atoms with Gasteiger partial charge < -0.3 is 4.74 Å². The van der Waals surface area contributed by atoms with Crippen LogP contribution in [0.3, 0.4) is 0 Å². The SMILES string of the molecule is Cc1cc(C)c(OC2=CC=CC2)c(C)c1. The predicted octanol–water partition coefficient (Wildman–Crippen LogP) is 3.83. The first-order valence-electron chi connectivity index (χ1n) is 5.28. The van der Waals surface area contributed by atoms with Crippen LogP contribution in [0.4, 0.5) is 0 Å². The number of ether oxygens (including phenoxy) is 1. The van der Waals surface area contributed by atoms with Crippen LogP contribution in [-0.4, -0.2) is 0 Å². The van der Waals surface area contributed by atoms with Gasteiger partial charge in [-0.1, -0.05) is 29.8 Å². The van der Waals surface area contributed by atoms with Crippen molar-refractivity contribution in [3.05, 3.63) is 52.8 Å². The van der Waals surface area contributed by atoms with Crippen LogP contribution in [0.5, 0.6) is 5.75 Å². The highest BCUT2D eigenvalue weighted by Gasteiger charge is 2.08. The summed E-state index contributed by atoms with van der Waals surface area (Å²) in [6.07, 6.45) is 7.08. The number of rotatable bonds is 2. The minimum atomic E-state index is 0.909. The average molecular weight is 200 g/mol. The molecule has 0 saturated carbocycles. The summed E-state index contributed by atoms with van der Waals surface area (Å²) in [4.78, 5) is 0. The van der Waals surface area contributed by atoms with E-state index in [4.69, 9.17) is 4.74 Å². The molecule has 0 radical (unpaired) electrons. The zero-order chi connectivity index (χ0) is 10.8. The van der Waals surface area contributed by atoms with Crippen molar-refractivity contribution >= 4 is 0 Å². The highest BCUT2D eigenvalue weighted by atomic mass is 16.5. The third-order valence-electron chi connectivity index (χ3n) is 2.58. The van der Waals surface area contributed by atoms with Gasteiger partial charge >= 0.3 is 0 Å². The van der Waals surface area contributed by atoms with Crippen LogP contribution in [0.1, 0.15) is 23.1 Å². The first-order valence-corrected chi connectivity index (χ1v) is 5.28. The third-order valence-corrected chi connectivity index (χ3v) is 2.58. The molecule has 0 aliphatic heterocycles. The molecule has 0 spiro atoms. The summed E-state index contributed by atoms with van der Waals surface area (Å²) >= 11 is 0. The Balaban J connectivity index is 2.28. The van der Waals surface area contributed by atoms with E-state index in [1.165, 1.54) is 16.7 Å². The van der Waals surface area contributed by atoms with Crippen molar-refractivity contribution in [2.24, 2.45) is 0 Å². The standard InChI is InChI=1S/C14H16O/c1-10-8-11(2)14(12(3)9-10)15-13-6-4-5-7-13/h4-6,8-9H,7H2,1-3H3. The molecule has 1 aromatic carbocycles. The van der Waals surface area contributed by atoms with Crippen LogP contribution in [0.2, 0.25) is 0 Å². The highest BCUT2D eigenvalue weighted by molar-refractivity contribution is 5.44. The van der Waals surface area contributed by atoms with E-state index in [0.717, 1.165) is 17.9 Å². The quantitative estimate of drug-likeness (QED) is 0.705. The summed E-state index contributed by atoms with van der Waals surface area (Å²) in [6.45, 7) is 6.30. The van der Waals surface area contributed by atoms with Gasteiger partial charge in [-0.25, -0.2) is 0 Å². The van der Waals surface area contributed by atoms with Crippen molar-refractivity contribution < 1.29 is 4.74 Å². The molecule has 0 fully saturated rings. The first kappa shape index (κ1) is 10.0. The Morgan fingerprint density at radius 1 is 1.07 bits per heavy atom. The second-order valence-electron chi connectivity index (χ2n) is 4.10. The summed E-state index contributed by atoms with van der Waals surface area (Å²) < 4.78 is 5.89. The number of hydrogen-bond donors (Lipinski definition) is 0. The van der Waals surface area contributed by atoms with Crippen molar-refractivity contribution in [2.75, 3.05) is 0 Å². The van der Waals surface area contributed by atoms with E-state index in [9.17, 15) is 0 Å². The fourth-order valence-corrected chi connectivity index (χ4v) is 1.96. The van der Waals surface area contributed by atoms with E-state index in [-0.39, 0.29) is 0 Å². The molecule has 0 saturated heterocycles. The van der Waals surface area contributed by atoms with Gasteiger partial charge in [0.15, 0.2) is 0 Å². The van der Waals surface area contributed by atoms with E-state index in [1.54, 1.807) is 0 Å². The molecule has 0 aromatic heterocycles. The molecule has 1 aromatic rings. The Hall–Kier alpha value is -1.50. The molecule has 1 heteroatoms. The molecule has 15 heavy (non-hydrogen) atoms. The molecule has 0 unspecified atom stereocenters. The topological polar surface area (TPSA) is 9.23 Å². The van der Waals surface area contributed by atoms with Gasteiger partial charge in [0.25, 0.3) is 0 Å². The normalized spacial score (nSPS) is 14.2. The molecule has 0 amide bonds. The third kappa shape index (κ3) is 2.12. The Morgan fingerprint density at radius 3 is 2.27 bits per heavy atom. The maximum atomic E-state index is 5.89. The second-order valence-corrected chi connectivity index (χ2v) is 4.10. The smallest absolute Gasteiger partial charge is 0.132 e. The van der Waals surface area contributed by atoms with Crippen molar-refractivity contribution in [1.82, 2.24) is 0 Å². The van der Waals surface area contributed by atoms with Crippen molar-refractivity contribution in [1.29, 1.82) is 0 Å². The van der Waals surface area contributed by atoms with Crippen LogP contribution >= 0.6 is 0 Å². The van der Waals surface area contributed by atoms with Gasteiger partial charge in [-0.15, -0.1) is 0 Å². The molecule has 0 atom stereocenters. The number of allylic oxidation sites excluding steroid dienone is 3. The fourth-order valence-electron chi connectivity index (χ4n) is 1.96. The van der Waals surface area contributed by atoms with E-state index in [0.29, 0.717) is 0 Å². The molecular formula is C14H16O. The van der Waals surface area contributed by atoms with Crippen LogP contribution in [-0.2, 0) is 0 Å². The number of aryl methyl sites for hydroxylation is 3. The number of hydrogen-bond acceptors (Lipinski definition) is 1. The Morgan fingerprint density at radius 2 is 1.73 bits per heavy atom. The Bertz CT molecular complexity index is 416. The zero-order valence-corrected chi connectivity index (χ0v) is 9.50. The monoisotopic (exact) mass is 200 g/mol. The molecule has 1 aliphatic carbocycles. The molecule has 2 rings (SSSR count). The summed E-state index contributed by atoms with van der Waals surface area (Å²) in [5.41, 5.74) is 3.71.